The zero-order chi connectivity index (χ0) is 15.1. The fourth-order valence-electron chi connectivity index (χ4n) is 1.64. The number of aryl methyl sites for hydroxylation is 1. The van der Waals surface area contributed by atoms with Crippen molar-refractivity contribution in [3.8, 4) is 23.1 Å². The molecule has 0 aliphatic carbocycles. The van der Waals surface area contributed by atoms with Crippen LogP contribution in [0.15, 0.2) is 48.7 Å². The summed E-state index contributed by atoms with van der Waals surface area (Å²) in [4.78, 5) is 8.48. The zero-order valence-corrected chi connectivity index (χ0v) is 13.3. The second-order valence-electron chi connectivity index (χ2n) is 4.00. The van der Waals surface area contributed by atoms with Crippen LogP contribution in [0, 0.1) is 6.92 Å². The quantitative estimate of drug-likeness (QED) is 0.640. The van der Waals surface area contributed by atoms with Gasteiger partial charge in [0.25, 0.3) is 0 Å². The Morgan fingerprint density at radius 2 is 1.90 bits per heavy atom. The van der Waals surface area contributed by atoms with Crippen LogP contribution in [0.2, 0.25) is 0 Å². The maximum absolute atomic E-state index is 5.58. The molecule has 0 aromatic carbocycles. The van der Waals surface area contributed by atoms with Gasteiger partial charge in [0.1, 0.15) is 0 Å². The molecular weight excluding hydrogens is 382 g/mol. The predicted molar refractivity (Wildman–Crippen MR) is 75.7 cm³/mol. The molecule has 0 fully saturated rings. The summed E-state index contributed by atoms with van der Waals surface area (Å²) in [6.07, 6.45) is 1.67. The van der Waals surface area contributed by atoms with Gasteiger partial charge < -0.3 is 14.9 Å². The number of pyridine rings is 2. The average molecular weight is 393 g/mol. The Bertz CT molecular complexity index is 690. The Kier molecular flexibility index (Phi) is 5.88. The van der Waals surface area contributed by atoms with Gasteiger partial charge in [-0.1, -0.05) is 23.9 Å². The molecule has 0 saturated carbocycles. The van der Waals surface area contributed by atoms with Crippen LogP contribution < -0.4 is 9.84 Å². The molecule has 0 aliphatic rings. The van der Waals surface area contributed by atoms with Gasteiger partial charge in [-0.15, -0.1) is 0 Å². The summed E-state index contributed by atoms with van der Waals surface area (Å²) >= 11 is 2.22. The molecule has 3 aromatic rings. The third kappa shape index (κ3) is 4.37. The van der Waals surface area contributed by atoms with E-state index in [2.05, 4.69) is 47.9 Å². The molecule has 110 valence electrons. The summed E-state index contributed by atoms with van der Waals surface area (Å²) in [5, 5.41) is 8.01. The first-order chi connectivity index (χ1) is 10.3. The van der Waals surface area contributed by atoms with Crippen molar-refractivity contribution in [1.29, 1.82) is 0 Å². The van der Waals surface area contributed by atoms with E-state index in [1.807, 2.05) is 37.3 Å². The van der Waals surface area contributed by atoms with Crippen molar-refractivity contribution >= 4 is 9.53 Å². The molecule has 0 atom stereocenters. The molecule has 3 heterocycles. The van der Waals surface area contributed by atoms with E-state index in [0.29, 0.717) is 11.8 Å². The van der Waals surface area contributed by atoms with Gasteiger partial charge in [-0.3, -0.25) is 0 Å². The van der Waals surface area contributed by atoms with Gasteiger partial charge >= 0.3 is 27.7 Å². The van der Waals surface area contributed by atoms with Crippen molar-refractivity contribution in [2.24, 2.45) is 0 Å². The Balaban J connectivity index is 0.000000774. The van der Waals surface area contributed by atoms with Gasteiger partial charge in [0.15, 0.2) is 0 Å². The van der Waals surface area contributed by atoms with Crippen molar-refractivity contribution in [2.45, 2.75) is 6.92 Å². The number of halogens is 1. The monoisotopic (exact) mass is 392 g/mol. The summed E-state index contributed by atoms with van der Waals surface area (Å²) in [5.74, 6) is 0.994. The van der Waals surface area contributed by atoms with Crippen LogP contribution in [0.3, 0.4) is 0 Å². The van der Waals surface area contributed by atoms with Gasteiger partial charge in [0, 0.05) is 24.0 Å². The van der Waals surface area contributed by atoms with Gasteiger partial charge in [-0.2, -0.15) is 0 Å². The molecule has 21 heavy (non-hydrogen) atoms. The standard InChI is InChI=1S/C14H11N4O.ClH.Pd/c1-10-9-12(18-17-10)11-5-4-7-14(16-11)19-13-6-2-3-8-15-13;;/h2-9H,1H3;1H;/q-1;;+2/p-1. The summed E-state index contributed by atoms with van der Waals surface area (Å²) in [6, 6.07) is 12.9. The molecule has 0 unspecified atom stereocenters. The Morgan fingerprint density at radius 3 is 2.57 bits per heavy atom. The third-order valence-electron chi connectivity index (χ3n) is 2.49. The molecule has 7 heteroatoms. The van der Waals surface area contributed by atoms with E-state index in [1.54, 1.807) is 18.3 Å². The SMILES string of the molecule is Cc1cc(-c2cccc(Oc3ccccn3)n2)[n-]n1.[Cl][Pd+]. The van der Waals surface area contributed by atoms with E-state index in [4.69, 9.17) is 4.74 Å². The first-order valence-corrected chi connectivity index (χ1v) is 7.97. The van der Waals surface area contributed by atoms with Crippen LogP contribution in [-0.4, -0.2) is 15.1 Å². The Morgan fingerprint density at radius 1 is 1.10 bits per heavy atom. The summed E-state index contributed by atoms with van der Waals surface area (Å²) in [7, 11) is 4.49. The second kappa shape index (κ2) is 7.89. The van der Waals surface area contributed by atoms with Gasteiger partial charge in [0.2, 0.25) is 11.8 Å². The zero-order valence-electron chi connectivity index (χ0n) is 11.0. The van der Waals surface area contributed by atoms with Crippen molar-refractivity contribution < 1.29 is 22.9 Å². The fourth-order valence-corrected chi connectivity index (χ4v) is 1.64. The molecule has 0 N–H and O–H groups in total. The van der Waals surface area contributed by atoms with Gasteiger partial charge in [-0.25, -0.2) is 9.97 Å². The van der Waals surface area contributed by atoms with E-state index in [1.165, 1.54) is 0 Å². The summed E-state index contributed by atoms with van der Waals surface area (Å²) < 4.78 is 5.58. The van der Waals surface area contributed by atoms with Crippen LogP contribution >= 0.6 is 9.53 Å². The first-order valence-electron chi connectivity index (χ1n) is 5.96. The van der Waals surface area contributed by atoms with E-state index >= 15 is 0 Å². The molecule has 0 amide bonds. The molecule has 0 radical (unpaired) electrons. The van der Waals surface area contributed by atoms with Crippen molar-refractivity contribution in [3.63, 3.8) is 0 Å². The minimum atomic E-state index is 0.483. The topological polar surface area (TPSA) is 62.0 Å². The Hall–Kier alpha value is -1.74. The second-order valence-corrected chi connectivity index (χ2v) is 4.00. The molecule has 5 nitrogen and oxygen atoms in total. The van der Waals surface area contributed by atoms with Gasteiger partial charge in [-0.05, 0) is 19.1 Å². The number of hydrogen-bond acceptors (Lipinski definition) is 4. The Labute approximate surface area is 137 Å². The molecule has 0 spiro atoms. The summed E-state index contributed by atoms with van der Waals surface area (Å²) in [6.45, 7) is 1.89. The normalized spacial score (nSPS) is 9.71. The van der Waals surface area contributed by atoms with Crippen LogP contribution in [-0.2, 0) is 18.2 Å². The minimum absolute atomic E-state index is 0.483. The third-order valence-corrected chi connectivity index (χ3v) is 2.49. The number of nitrogens with zero attached hydrogens (tertiary/aromatic N) is 4. The van der Waals surface area contributed by atoms with Crippen LogP contribution in [0.25, 0.3) is 11.4 Å². The molecule has 3 aromatic heterocycles. The van der Waals surface area contributed by atoms with E-state index in [0.717, 1.165) is 17.1 Å². The summed E-state index contributed by atoms with van der Waals surface area (Å²) in [5.41, 5.74) is 2.34. The molecule has 3 rings (SSSR count). The number of aromatic nitrogens is 4. The number of ether oxygens (including phenoxy) is 1. The fraction of sp³-hybridized carbons (Fsp3) is 0.0714. The van der Waals surface area contributed by atoms with Crippen molar-refractivity contribution in [2.75, 3.05) is 0 Å². The van der Waals surface area contributed by atoms with E-state index in [9.17, 15) is 0 Å². The van der Waals surface area contributed by atoms with Crippen molar-refractivity contribution in [3.05, 3.63) is 54.4 Å². The van der Waals surface area contributed by atoms with Crippen LogP contribution in [0.1, 0.15) is 5.69 Å². The molecule has 0 bridgehead atoms. The molecule has 0 saturated heterocycles. The van der Waals surface area contributed by atoms with Crippen LogP contribution in [0.4, 0.5) is 0 Å². The van der Waals surface area contributed by atoms with E-state index in [-0.39, 0.29) is 0 Å². The van der Waals surface area contributed by atoms with Crippen LogP contribution in [0.5, 0.6) is 11.8 Å². The number of rotatable bonds is 3. The first kappa shape index (κ1) is 15.6. The molecule has 0 aliphatic heterocycles. The maximum atomic E-state index is 5.58. The van der Waals surface area contributed by atoms with Crippen molar-refractivity contribution in [1.82, 2.24) is 20.2 Å². The average Bonchev–Trinajstić information content (AvgIpc) is 2.97. The number of hydrogen-bond donors (Lipinski definition) is 0. The van der Waals surface area contributed by atoms with Gasteiger partial charge in [0.05, 0.1) is 5.69 Å². The predicted octanol–water partition coefficient (Wildman–Crippen LogP) is 3.28. The molecular formula is C14H11ClN4OPd. The van der Waals surface area contributed by atoms with E-state index < -0.39 is 0 Å².